The summed E-state index contributed by atoms with van der Waals surface area (Å²) in [5.74, 6) is 0.259. The Labute approximate surface area is 244 Å². The summed E-state index contributed by atoms with van der Waals surface area (Å²) in [5.41, 5.74) is 5.59. The number of carboxylic acid groups (broad SMARTS) is 1. The molecule has 3 atom stereocenters. The van der Waals surface area contributed by atoms with E-state index in [0.717, 1.165) is 64.8 Å². The molecule has 0 spiro atoms. The van der Waals surface area contributed by atoms with Gasteiger partial charge in [0.25, 0.3) is 5.91 Å². The number of hydrogen-bond donors (Lipinski definition) is 2. The molecule has 3 heterocycles. The molecule has 216 valence electrons. The van der Waals surface area contributed by atoms with E-state index in [9.17, 15) is 19.8 Å². The van der Waals surface area contributed by atoms with Gasteiger partial charge in [-0.2, -0.15) is 0 Å². The number of ether oxygens (including phenoxy) is 1. The number of nitrogens with zero attached hydrogens (tertiary/aromatic N) is 3. The molecule has 2 bridgehead atoms. The largest absolute Gasteiger partial charge is 0.488 e. The van der Waals surface area contributed by atoms with Gasteiger partial charge in [0.15, 0.2) is 5.13 Å². The fraction of sp³-hybridized carbons (Fsp3) is 0.469. The monoisotopic (exact) mass is 575 g/mol. The second-order valence-electron chi connectivity index (χ2n) is 11.8. The highest BCUT2D eigenvalue weighted by Crippen LogP contribution is 2.44. The van der Waals surface area contributed by atoms with Crippen LogP contribution in [0.1, 0.15) is 52.7 Å². The molecule has 41 heavy (non-hydrogen) atoms. The number of thiazole rings is 1. The van der Waals surface area contributed by atoms with Crippen molar-refractivity contribution >= 4 is 28.3 Å². The summed E-state index contributed by atoms with van der Waals surface area (Å²) in [6.45, 7) is 7.08. The van der Waals surface area contributed by atoms with Gasteiger partial charge in [-0.3, -0.25) is 9.59 Å². The summed E-state index contributed by atoms with van der Waals surface area (Å²) in [6.07, 6.45) is 2.89. The average Bonchev–Trinajstić information content (AvgIpc) is 3.55. The van der Waals surface area contributed by atoms with E-state index in [1.165, 1.54) is 0 Å². The summed E-state index contributed by atoms with van der Waals surface area (Å²) in [5, 5.41) is 22.4. The molecule has 3 aliphatic rings. The van der Waals surface area contributed by atoms with E-state index in [-0.39, 0.29) is 29.8 Å². The Balaban J connectivity index is 1.15. The van der Waals surface area contributed by atoms with Gasteiger partial charge in [0.05, 0.1) is 17.7 Å². The van der Waals surface area contributed by atoms with Gasteiger partial charge in [0.1, 0.15) is 12.4 Å². The van der Waals surface area contributed by atoms with Crippen molar-refractivity contribution < 1.29 is 24.5 Å². The Morgan fingerprint density at radius 2 is 1.76 bits per heavy atom. The number of aliphatic hydroxyl groups is 1. The van der Waals surface area contributed by atoms with E-state index in [2.05, 4.69) is 23.3 Å². The molecule has 3 fully saturated rings. The highest BCUT2D eigenvalue weighted by atomic mass is 32.1. The van der Waals surface area contributed by atoms with E-state index in [1.807, 2.05) is 42.2 Å². The molecule has 0 radical (unpaired) electrons. The van der Waals surface area contributed by atoms with Crippen LogP contribution < -0.4 is 9.64 Å². The van der Waals surface area contributed by atoms with E-state index >= 15 is 0 Å². The number of benzene rings is 2. The summed E-state index contributed by atoms with van der Waals surface area (Å²) in [4.78, 5) is 33.8. The van der Waals surface area contributed by atoms with Gasteiger partial charge < -0.3 is 24.7 Å². The second-order valence-corrected chi connectivity index (χ2v) is 12.7. The van der Waals surface area contributed by atoms with E-state index in [4.69, 9.17) is 9.72 Å². The minimum Gasteiger partial charge on any atom is -0.488 e. The smallest absolute Gasteiger partial charge is 0.307 e. The zero-order valence-electron chi connectivity index (χ0n) is 23.6. The third-order valence-electron chi connectivity index (χ3n) is 9.02. The van der Waals surface area contributed by atoms with Crippen LogP contribution >= 0.6 is 11.3 Å². The minimum atomic E-state index is -0.655. The zero-order chi connectivity index (χ0) is 28.7. The van der Waals surface area contributed by atoms with E-state index < -0.39 is 5.97 Å². The maximum atomic E-state index is 13.0. The first kappa shape index (κ1) is 27.7. The number of carbonyl (C=O) groups excluding carboxylic acids is 1. The third kappa shape index (κ3) is 5.70. The van der Waals surface area contributed by atoms with Gasteiger partial charge >= 0.3 is 5.97 Å². The number of aliphatic carboxylic acids is 1. The van der Waals surface area contributed by atoms with Crippen LogP contribution in [-0.2, 0) is 11.4 Å². The first-order valence-electron chi connectivity index (χ1n) is 14.5. The summed E-state index contributed by atoms with van der Waals surface area (Å²) >= 11 is 1.60. The number of piperidine rings is 2. The number of rotatable bonds is 7. The van der Waals surface area contributed by atoms with Gasteiger partial charge in [-0.05, 0) is 86.8 Å². The molecule has 8 nitrogen and oxygen atoms in total. The number of carbonyl (C=O) groups is 2. The molecule has 0 unspecified atom stereocenters. The van der Waals surface area contributed by atoms with Crippen molar-refractivity contribution in [2.24, 2.45) is 17.8 Å². The molecule has 1 aliphatic carbocycles. The van der Waals surface area contributed by atoms with Gasteiger partial charge in [0.2, 0.25) is 0 Å². The normalized spacial score (nSPS) is 22.7. The van der Waals surface area contributed by atoms with Crippen LogP contribution in [0.5, 0.6) is 5.75 Å². The number of aliphatic hydroxyl groups excluding tert-OH is 1. The lowest BCUT2D eigenvalue weighted by molar-refractivity contribution is -0.144. The quantitative estimate of drug-likeness (QED) is 0.402. The predicted octanol–water partition coefficient (Wildman–Crippen LogP) is 5.15. The van der Waals surface area contributed by atoms with Crippen molar-refractivity contribution in [2.75, 3.05) is 31.1 Å². The number of hydrogen-bond acceptors (Lipinski definition) is 7. The van der Waals surface area contributed by atoms with Crippen LogP contribution in [0, 0.1) is 31.6 Å². The first-order chi connectivity index (χ1) is 19.8. The number of anilines is 1. The molecular weight excluding hydrogens is 538 g/mol. The molecule has 9 heteroatoms. The second kappa shape index (κ2) is 11.4. The van der Waals surface area contributed by atoms with Crippen LogP contribution in [0.15, 0.2) is 41.8 Å². The topological polar surface area (TPSA) is 103 Å². The Morgan fingerprint density at radius 1 is 1.02 bits per heavy atom. The molecule has 1 saturated carbocycles. The minimum absolute atomic E-state index is 0.00724. The van der Waals surface area contributed by atoms with Crippen molar-refractivity contribution in [1.82, 2.24) is 9.88 Å². The van der Waals surface area contributed by atoms with Crippen molar-refractivity contribution in [3.63, 3.8) is 0 Å². The summed E-state index contributed by atoms with van der Waals surface area (Å²) < 4.78 is 6.34. The third-order valence-corrected chi connectivity index (χ3v) is 9.92. The Kier molecular flexibility index (Phi) is 7.74. The average molecular weight is 576 g/mol. The molecule has 1 aromatic heterocycles. The molecule has 1 amide bonds. The van der Waals surface area contributed by atoms with Crippen molar-refractivity contribution in [2.45, 2.75) is 52.2 Å². The first-order valence-corrected chi connectivity index (χ1v) is 15.4. The van der Waals surface area contributed by atoms with Crippen LogP contribution in [0.2, 0.25) is 0 Å². The standard InChI is InChI=1S/C32H37N3O5S/c1-19-3-8-28(40-17-24-7-4-21(14-20(24)2)30(37)34-11-9-25(36)10-12-34)26(13-19)27-18-41-32(33-27)35-15-22-5-6-23(16-35)29(22)31(38)39/h3-4,7-8,13-14,18,22-23,25,29,36H,5-6,9-12,15-17H2,1-2H3,(H,38,39)/t22-,23+,29+. The SMILES string of the molecule is Cc1ccc(OCc2ccc(C(=O)N3CCC(O)CC3)cc2C)c(-c2csc(N3C[C@H]4CC[C@@H](C3)[C@H]4C(=O)O)n2)c1. The van der Waals surface area contributed by atoms with Crippen molar-refractivity contribution in [3.05, 3.63) is 64.0 Å². The maximum Gasteiger partial charge on any atom is 0.307 e. The molecule has 2 aliphatic heterocycles. The van der Waals surface area contributed by atoms with Crippen molar-refractivity contribution in [3.8, 4) is 17.0 Å². The molecule has 6 rings (SSSR count). The van der Waals surface area contributed by atoms with Gasteiger partial charge in [-0.25, -0.2) is 4.98 Å². The highest BCUT2D eigenvalue weighted by molar-refractivity contribution is 7.14. The number of likely N-dealkylation sites (tertiary alicyclic amines) is 1. The lowest BCUT2D eigenvalue weighted by Gasteiger charge is -2.35. The number of fused-ring (bicyclic) bond motifs is 2. The fourth-order valence-corrected chi connectivity index (χ4v) is 7.53. The molecule has 3 aromatic rings. The Morgan fingerprint density at radius 3 is 2.44 bits per heavy atom. The van der Waals surface area contributed by atoms with Crippen LogP contribution in [0.25, 0.3) is 11.3 Å². The molecular formula is C32H37N3O5S. The van der Waals surface area contributed by atoms with Crippen LogP contribution in [0.4, 0.5) is 5.13 Å². The van der Waals surface area contributed by atoms with Crippen LogP contribution in [0.3, 0.4) is 0 Å². The summed E-state index contributed by atoms with van der Waals surface area (Å²) in [7, 11) is 0. The van der Waals surface area contributed by atoms with E-state index in [0.29, 0.717) is 38.1 Å². The van der Waals surface area contributed by atoms with Gasteiger partial charge in [-0.1, -0.05) is 17.7 Å². The maximum absolute atomic E-state index is 13.0. The molecule has 2 N–H and O–H groups in total. The number of aryl methyl sites for hydroxylation is 2. The van der Waals surface area contributed by atoms with E-state index in [1.54, 1.807) is 11.3 Å². The predicted molar refractivity (Wildman–Crippen MR) is 158 cm³/mol. The molecule has 2 saturated heterocycles. The highest BCUT2D eigenvalue weighted by Gasteiger charge is 2.46. The van der Waals surface area contributed by atoms with Gasteiger partial charge in [-0.15, -0.1) is 11.3 Å². The number of carboxylic acids is 1. The Bertz CT molecular complexity index is 1430. The van der Waals surface area contributed by atoms with Crippen LogP contribution in [-0.4, -0.2) is 64.3 Å². The zero-order valence-corrected chi connectivity index (χ0v) is 24.4. The summed E-state index contributed by atoms with van der Waals surface area (Å²) in [6, 6.07) is 11.9. The van der Waals surface area contributed by atoms with Gasteiger partial charge in [0, 0.05) is 42.7 Å². The Hall–Kier alpha value is -3.43. The molecule has 2 aromatic carbocycles. The number of aromatic nitrogens is 1. The lowest BCUT2D eigenvalue weighted by Crippen LogP contribution is -2.44. The van der Waals surface area contributed by atoms with Crippen molar-refractivity contribution in [1.29, 1.82) is 0 Å². The lowest BCUT2D eigenvalue weighted by atomic mass is 9.85. The fourth-order valence-electron chi connectivity index (χ4n) is 6.68. The number of amides is 1.